The first kappa shape index (κ1) is 19.0. The number of carbonyl (C=O) groups is 1. The molecule has 2 heterocycles. The molecule has 2 aliphatic rings. The number of anilines is 2. The molecule has 7 nitrogen and oxygen atoms in total. The lowest BCUT2D eigenvalue weighted by atomic mass is 10.1. The summed E-state index contributed by atoms with van der Waals surface area (Å²) in [5.41, 5.74) is 1.03. The van der Waals surface area contributed by atoms with E-state index < -0.39 is 10.0 Å². The average Bonchev–Trinajstić information content (AvgIpc) is 2.62. The van der Waals surface area contributed by atoms with Gasteiger partial charge < -0.3 is 14.8 Å². The number of amides is 1. The van der Waals surface area contributed by atoms with Crippen LogP contribution in [0.1, 0.15) is 38.5 Å². The van der Waals surface area contributed by atoms with E-state index in [4.69, 9.17) is 9.47 Å². The van der Waals surface area contributed by atoms with Gasteiger partial charge in [-0.15, -0.1) is 0 Å². The molecular formula is C18H26N2O5S. The van der Waals surface area contributed by atoms with Crippen LogP contribution >= 0.6 is 0 Å². The van der Waals surface area contributed by atoms with Gasteiger partial charge in [0.1, 0.15) is 5.75 Å². The molecule has 0 saturated carbocycles. The fourth-order valence-corrected chi connectivity index (χ4v) is 5.05. The van der Waals surface area contributed by atoms with Crippen molar-refractivity contribution in [3.05, 3.63) is 18.2 Å². The highest BCUT2D eigenvalue weighted by Gasteiger charge is 2.28. The van der Waals surface area contributed by atoms with Crippen LogP contribution in [0.5, 0.6) is 5.75 Å². The normalized spacial score (nSPS) is 22.7. The van der Waals surface area contributed by atoms with E-state index in [9.17, 15) is 13.2 Å². The van der Waals surface area contributed by atoms with Crippen LogP contribution in [0.25, 0.3) is 0 Å². The number of benzene rings is 1. The third-order valence-corrected chi connectivity index (χ3v) is 6.62. The molecule has 1 amide bonds. The first-order valence-corrected chi connectivity index (χ1v) is 10.7. The first-order valence-electron chi connectivity index (χ1n) is 9.09. The molecule has 26 heavy (non-hydrogen) atoms. The minimum Gasteiger partial charge on any atom is -0.495 e. The molecule has 1 atom stereocenters. The molecule has 1 N–H and O–H groups in total. The van der Waals surface area contributed by atoms with Gasteiger partial charge >= 0.3 is 0 Å². The smallest absolute Gasteiger partial charge is 0.235 e. The van der Waals surface area contributed by atoms with E-state index in [1.165, 1.54) is 11.4 Å². The number of hydrogen-bond acceptors (Lipinski definition) is 5. The lowest BCUT2D eigenvalue weighted by Gasteiger charge is -2.29. The van der Waals surface area contributed by atoms with E-state index in [1.54, 1.807) is 18.2 Å². The summed E-state index contributed by atoms with van der Waals surface area (Å²) in [5, 5.41) is 2.85. The summed E-state index contributed by atoms with van der Waals surface area (Å²) in [7, 11) is -1.85. The quantitative estimate of drug-likeness (QED) is 0.846. The van der Waals surface area contributed by atoms with Gasteiger partial charge in [0, 0.05) is 18.8 Å². The van der Waals surface area contributed by atoms with Crippen molar-refractivity contribution >= 4 is 27.3 Å². The Bertz CT molecular complexity index is 744. The van der Waals surface area contributed by atoms with E-state index in [1.807, 2.05) is 0 Å². The Balaban J connectivity index is 1.75. The fourth-order valence-electron chi connectivity index (χ4n) is 3.41. The zero-order valence-electron chi connectivity index (χ0n) is 15.1. The lowest BCUT2D eigenvalue weighted by Crippen LogP contribution is -2.38. The average molecular weight is 382 g/mol. The maximum atomic E-state index is 12.4. The SMILES string of the molecule is COc1ccc(NC(=O)CC2CCCCO2)cc1N1CCCCS1(=O)=O. The number of sulfonamides is 1. The number of rotatable bonds is 5. The maximum Gasteiger partial charge on any atom is 0.235 e. The van der Waals surface area contributed by atoms with Crippen LogP contribution in [0.15, 0.2) is 18.2 Å². The molecule has 3 rings (SSSR count). The van der Waals surface area contributed by atoms with Crippen molar-refractivity contribution in [2.24, 2.45) is 0 Å². The molecule has 1 aromatic carbocycles. The van der Waals surface area contributed by atoms with Crippen LogP contribution in [-0.4, -0.2) is 46.4 Å². The molecule has 2 saturated heterocycles. The molecular weight excluding hydrogens is 356 g/mol. The van der Waals surface area contributed by atoms with Crippen molar-refractivity contribution in [2.45, 2.75) is 44.6 Å². The standard InChI is InChI=1S/C18H26N2O5S/c1-24-17-8-7-14(19-18(21)13-15-6-2-4-10-25-15)12-16(17)20-9-3-5-11-26(20,22)23/h7-8,12,15H,2-6,9-11,13H2,1H3,(H,19,21). The van der Waals surface area contributed by atoms with Gasteiger partial charge in [-0.2, -0.15) is 0 Å². The predicted octanol–water partition coefficient (Wildman–Crippen LogP) is 2.52. The maximum absolute atomic E-state index is 12.4. The second kappa shape index (κ2) is 8.26. The molecule has 0 aliphatic carbocycles. The lowest BCUT2D eigenvalue weighted by molar-refractivity contribution is -0.119. The van der Waals surface area contributed by atoms with Crippen LogP contribution in [0, 0.1) is 0 Å². The zero-order chi connectivity index (χ0) is 18.6. The molecule has 0 radical (unpaired) electrons. The van der Waals surface area contributed by atoms with Gasteiger partial charge in [-0.3, -0.25) is 9.10 Å². The third-order valence-electron chi connectivity index (χ3n) is 4.77. The summed E-state index contributed by atoms with van der Waals surface area (Å²) in [6, 6.07) is 5.08. The van der Waals surface area contributed by atoms with Gasteiger partial charge in [0.25, 0.3) is 0 Å². The Morgan fingerprint density at radius 1 is 1.31 bits per heavy atom. The van der Waals surface area contributed by atoms with Gasteiger partial charge in [-0.25, -0.2) is 8.42 Å². The van der Waals surface area contributed by atoms with Crippen molar-refractivity contribution in [1.82, 2.24) is 0 Å². The molecule has 1 unspecified atom stereocenters. The van der Waals surface area contributed by atoms with Gasteiger partial charge in [-0.05, 0) is 50.3 Å². The Kier molecular flexibility index (Phi) is 6.03. The zero-order valence-corrected chi connectivity index (χ0v) is 15.9. The van der Waals surface area contributed by atoms with Gasteiger partial charge in [0.2, 0.25) is 15.9 Å². The van der Waals surface area contributed by atoms with Crippen molar-refractivity contribution in [3.8, 4) is 5.75 Å². The summed E-state index contributed by atoms with van der Waals surface area (Å²) in [6.45, 7) is 1.13. The molecule has 0 bridgehead atoms. The predicted molar refractivity (Wildman–Crippen MR) is 100 cm³/mol. The van der Waals surface area contributed by atoms with E-state index >= 15 is 0 Å². The van der Waals surface area contributed by atoms with E-state index in [0.717, 1.165) is 25.7 Å². The van der Waals surface area contributed by atoms with Gasteiger partial charge in [0.05, 0.1) is 31.1 Å². The second-order valence-corrected chi connectivity index (χ2v) is 8.74. The number of carbonyl (C=O) groups excluding carboxylic acids is 1. The Hall–Kier alpha value is -1.80. The third kappa shape index (κ3) is 4.48. The van der Waals surface area contributed by atoms with Crippen LogP contribution in [-0.2, 0) is 19.6 Å². The summed E-state index contributed by atoms with van der Waals surface area (Å²) in [6.07, 6.45) is 4.76. The molecule has 1 aromatic rings. The van der Waals surface area contributed by atoms with Crippen LogP contribution < -0.4 is 14.4 Å². The summed E-state index contributed by atoms with van der Waals surface area (Å²) >= 11 is 0. The summed E-state index contributed by atoms with van der Waals surface area (Å²) in [5.74, 6) is 0.477. The molecule has 2 aliphatic heterocycles. The topological polar surface area (TPSA) is 84.9 Å². The highest BCUT2D eigenvalue weighted by molar-refractivity contribution is 7.92. The molecule has 144 valence electrons. The Labute approximate surface area is 154 Å². The van der Waals surface area contributed by atoms with E-state index in [0.29, 0.717) is 43.1 Å². The molecule has 0 spiro atoms. The Morgan fingerprint density at radius 2 is 2.15 bits per heavy atom. The minimum absolute atomic E-state index is 0.0380. The monoisotopic (exact) mass is 382 g/mol. The summed E-state index contributed by atoms with van der Waals surface area (Å²) < 4.78 is 37.1. The number of hydrogen-bond donors (Lipinski definition) is 1. The number of methoxy groups -OCH3 is 1. The number of nitrogens with one attached hydrogen (secondary N) is 1. The van der Waals surface area contributed by atoms with Crippen LogP contribution in [0.4, 0.5) is 11.4 Å². The molecule has 8 heteroatoms. The minimum atomic E-state index is -3.36. The second-order valence-electron chi connectivity index (χ2n) is 6.72. The largest absolute Gasteiger partial charge is 0.495 e. The van der Waals surface area contributed by atoms with Crippen molar-refractivity contribution in [1.29, 1.82) is 0 Å². The van der Waals surface area contributed by atoms with Crippen molar-refractivity contribution in [3.63, 3.8) is 0 Å². The number of ether oxygens (including phenoxy) is 2. The van der Waals surface area contributed by atoms with Crippen LogP contribution in [0.3, 0.4) is 0 Å². The van der Waals surface area contributed by atoms with Crippen molar-refractivity contribution < 1.29 is 22.7 Å². The highest BCUT2D eigenvalue weighted by atomic mass is 32.2. The molecule has 2 fully saturated rings. The molecule has 0 aromatic heterocycles. The van der Waals surface area contributed by atoms with Crippen molar-refractivity contribution in [2.75, 3.05) is 35.6 Å². The van der Waals surface area contributed by atoms with Crippen LogP contribution in [0.2, 0.25) is 0 Å². The van der Waals surface area contributed by atoms with E-state index in [2.05, 4.69) is 5.32 Å². The highest BCUT2D eigenvalue weighted by Crippen LogP contribution is 2.35. The summed E-state index contributed by atoms with van der Waals surface area (Å²) in [4.78, 5) is 12.3. The van der Waals surface area contributed by atoms with Gasteiger partial charge in [0.15, 0.2) is 0 Å². The Morgan fingerprint density at radius 3 is 2.85 bits per heavy atom. The van der Waals surface area contributed by atoms with Gasteiger partial charge in [-0.1, -0.05) is 0 Å². The number of nitrogens with zero attached hydrogens (tertiary/aromatic N) is 1. The van der Waals surface area contributed by atoms with E-state index in [-0.39, 0.29) is 17.8 Å². The fraction of sp³-hybridized carbons (Fsp3) is 0.611. The first-order chi connectivity index (χ1) is 12.5.